The van der Waals surface area contributed by atoms with Crippen LogP contribution in [0.25, 0.3) is 0 Å². The Balaban J connectivity index is 3.10. The molecule has 0 aliphatic rings. The summed E-state index contributed by atoms with van der Waals surface area (Å²) >= 11 is 0. The summed E-state index contributed by atoms with van der Waals surface area (Å²) in [6.07, 6.45) is 2.06. The van der Waals surface area contributed by atoms with Crippen LogP contribution < -0.4 is 5.11 Å². The third kappa shape index (κ3) is 4.42. The molecule has 0 radical (unpaired) electrons. The van der Waals surface area contributed by atoms with E-state index >= 15 is 0 Å². The van der Waals surface area contributed by atoms with Gasteiger partial charge in [0.15, 0.2) is 5.60 Å². The van der Waals surface area contributed by atoms with Gasteiger partial charge in [0.2, 0.25) is 5.78 Å². The molecule has 1 rings (SSSR count). The summed E-state index contributed by atoms with van der Waals surface area (Å²) in [6, 6.07) is 3.05. The standard InChI is InChI=1S/C13H18N2O4/c1-15(2,3)9-13(19,7-11(16)17)12(18)10-5-4-6-14-8-10/h4-6,8,19H,7,9H2,1-3H3. The van der Waals surface area contributed by atoms with Gasteiger partial charge in [0.1, 0.15) is 6.54 Å². The summed E-state index contributed by atoms with van der Waals surface area (Å²) in [7, 11) is 5.28. The highest BCUT2D eigenvalue weighted by Gasteiger charge is 2.41. The van der Waals surface area contributed by atoms with Crippen molar-refractivity contribution in [3.8, 4) is 0 Å². The van der Waals surface area contributed by atoms with Crippen LogP contribution in [0.2, 0.25) is 0 Å². The molecule has 0 aliphatic heterocycles. The lowest BCUT2D eigenvalue weighted by atomic mass is 9.89. The van der Waals surface area contributed by atoms with Crippen molar-refractivity contribution in [3.05, 3.63) is 30.1 Å². The second kappa shape index (κ2) is 5.46. The molecule has 1 aromatic rings. The Morgan fingerprint density at radius 3 is 2.47 bits per heavy atom. The van der Waals surface area contributed by atoms with E-state index in [1.165, 1.54) is 18.5 Å². The highest BCUT2D eigenvalue weighted by molar-refractivity contribution is 6.03. The van der Waals surface area contributed by atoms with Gasteiger partial charge in [-0.3, -0.25) is 9.78 Å². The number of quaternary nitrogens is 1. The van der Waals surface area contributed by atoms with Gasteiger partial charge in [-0.05, 0) is 12.1 Å². The highest BCUT2D eigenvalue weighted by atomic mass is 16.4. The number of ketones is 1. The van der Waals surface area contributed by atoms with Gasteiger partial charge in [0, 0.05) is 30.3 Å². The molecule has 1 N–H and O–H groups in total. The van der Waals surface area contributed by atoms with Crippen molar-refractivity contribution in [2.45, 2.75) is 12.0 Å². The highest BCUT2D eigenvalue weighted by Crippen LogP contribution is 2.20. The molecule has 0 aliphatic carbocycles. The zero-order chi connectivity index (χ0) is 14.7. The molecule has 0 fully saturated rings. The molecule has 1 heterocycles. The molecule has 1 aromatic heterocycles. The molecule has 1 unspecified atom stereocenters. The van der Waals surface area contributed by atoms with Crippen molar-refractivity contribution in [3.63, 3.8) is 0 Å². The van der Waals surface area contributed by atoms with Gasteiger partial charge in [-0.1, -0.05) is 0 Å². The number of pyridine rings is 1. The minimum atomic E-state index is -2.00. The van der Waals surface area contributed by atoms with Gasteiger partial charge in [0.05, 0.1) is 21.1 Å². The van der Waals surface area contributed by atoms with Crippen molar-refractivity contribution in [2.24, 2.45) is 0 Å². The van der Waals surface area contributed by atoms with E-state index in [-0.39, 0.29) is 16.6 Å². The van der Waals surface area contributed by atoms with E-state index in [2.05, 4.69) is 4.98 Å². The number of carbonyl (C=O) groups excluding carboxylic acids is 2. The van der Waals surface area contributed by atoms with Crippen molar-refractivity contribution >= 4 is 11.8 Å². The number of nitrogens with zero attached hydrogens (tertiary/aromatic N) is 2. The summed E-state index contributed by atoms with van der Waals surface area (Å²) < 4.78 is 0.246. The number of rotatable bonds is 6. The van der Waals surface area contributed by atoms with Gasteiger partial charge in [-0.25, -0.2) is 0 Å². The number of hydrogen-bond acceptors (Lipinski definition) is 5. The quantitative estimate of drug-likeness (QED) is 0.518. The molecule has 6 nitrogen and oxygen atoms in total. The average Bonchev–Trinajstić information content (AvgIpc) is 2.25. The monoisotopic (exact) mass is 266 g/mol. The summed E-state index contributed by atoms with van der Waals surface area (Å²) in [5, 5.41) is 21.2. The minimum absolute atomic E-state index is 0.0330. The molecule has 0 bridgehead atoms. The largest absolute Gasteiger partial charge is 0.550 e. The first-order valence-electron chi connectivity index (χ1n) is 5.81. The number of aliphatic carboxylic acids is 1. The first kappa shape index (κ1) is 15.3. The fourth-order valence-corrected chi connectivity index (χ4v) is 2.00. The van der Waals surface area contributed by atoms with Crippen molar-refractivity contribution in [1.29, 1.82) is 0 Å². The lowest BCUT2D eigenvalue weighted by Gasteiger charge is -2.34. The molecule has 104 valence electrons. The molecule has 0 amide bonds. The molecule has 0 spiro atoms. The Kier molecular flexibility index (Phi) is 4.39. The zero-order valence-electron chi connectivity index (χ0n) is 11.3. The van der Waals surface area contributed by atoms with Crippen LogP contribution in [0.15, 0.2) is 24.5 Å². The Bertz CT molecular complexity index is 467. The maximum absolute atomic E-state index is 12.3. The van der Waals surface area contributed by atoms with E-state index in [1.54, 1.807) is 27.2 Å². The van der Waals surface area contributed by atoms with E-state index in [4.69, 9.17) is 0 Å². The number of carboxylic acid groups (broad SMARTS) is 1. The number of likely N-dealkylation sites (N-methyl/N-ethyl adjacent to an activating group) is 1. The molecule has 0 saturated carbocycles. The van der Waals surface area contributed by atoms with Gasteiger partial charge >= 0.3 is 0 Å². The lowest BCUT2D eigenvalue weighted by Crippen LogP contribution is -2.56. The van der Waals surface area contributed by atoms with Crippen LogP contribution in [-0.2, 0) is 4.79 Å². The molecule has 0 aromatic carbocycles. The van der Waals surface area contributed by atoms with Gasteiger partial charge in [-0.15, -0.1) is 0 Å². The Morgan fingerprint density at radius 2 is 2.05 bits per heavy atom. The summed E-state index contributed by atoms with van der Waals surface area (Å²) in [6.45, 7) is -0.0330. The fraction of sp³-hybridized carbons (Fsp3) is 0.462. The Hall–Kier alpha value is -1.79. The maximum Gasteiger partial charge on any atom is 0.202 e. The van der Waals surface area contributed by atoms with Gasteiger partial charge in [-0.2, -0.15) is 0 Å². The van der Waals surface area contributed by atoms with E-state index < -0.39 is 23.8 Å². The Morgan fingerprint density at radius 1 is 1.42 bits per heavy atom. The fourth-order valence-electron chi connectivity index (χ4n) is 2.00. The topological polar surface area (TPSA) is 90.3 Å². The number of carboxylic acids is 1. The summed E-state index contributed by atoms with van der Waals surface area (Å²) in [4.78, 5) is 26.9. The maximum atomic E-state index is 12.3. The van der Waals surface area contributed by atoms with Crippen LogP contribution in [0, 0.1) is 0 Å². The van der Waals surface area contributed by atoms with E-state index in [0.717, 1.165) is 0 Å². The first-order chi connectivity index (χ1) is 8.64. The number of carbonyl (C=O) groups is 2. The first-order valence-corrected chi connectivity index (χ1v) is 5.81. The smallest absolute Gasteiger partial charge is 0.202 e. The number of Topliss-reactive ketones (excluding diaryl/α,β-unsaturated/α-hetero) is 1. The second-order valence-electron chi connectivity index (χ2n) is 5.60. The van der Waals surface area contributed by atoms with Crippen LogP contribution >= 0.6 is 0 Å². The summed E-state index contributed by atoms with van der Waals surface area (Å²) in [5.41, 5.74) is -1.82. The molecule has 19 heavy (non-hydrogen) atoms. The summed E-state index contributed by atoms with van der Waals surface area (Å²) in [5.74, 6) is -2.12. The number of aromatic nitrogens is 1. The van der Waals surface area contributed by atoms with Crippen LogP contribution in [0.1, 0.15) is 16.8 Å². The zero-order valence-corrected chi connectivity index (χ0v) is 11.3. The predicted octanol–water partition coefficient (Wildman–Crippen LogP) is -1.16. The van der Waals surface area contributed by atoms with E-state index in [0.29, 0.717) is 0 Å². The molecular weight excluding hydrogens is 248 g/mol. The molecule has 0 saturated heterocycles. The van der Waals surface area contributed by atoms with Crippen LogP contribution in [0.3, 0.4) is 0 Å². The van der Waals surface area contributed by atoms with E-state index in [1.807, 2.05) is 0 Å². The average molecular weight is 266 g/mol. The minimum Gasteiger partial charge on any atom is -0.550 e. The van der Waals surface area contributed by atoms with Crippen LogP contribution in [0.5, 0.6) is 0 Å². The van der Waals surface area contributed by atoms with Gasteiger partial charge in [0.25, 0.3) is 0 Å². The van der Waals surface area contributed by atoms with Crippen LogP contribution in [-0.4, -0.2) is 59.6 Å². The van der Waals surface area contributed by atoms with Crippen molar-refractivity contribution < 1.29 is 24.3 Å². The molecule has 1 atom stereocenters. The third-order valence-electron chi connectivity index (χ3n) is 2.52. The van der Waals surface area contributed by atoms with Crippen molar-refractivity contribution in [1.82, 2.24) is 4.98 Å². The number of hydrogen-bond donors (Lipinski definition) is 1. The van der Waals surface area contributed by atoms with Crippen molar-refractivity contribution in [2.75, 3.05) is 27.7 Å². The molecular formula is C13H18N2O4. The predicted molar refractivity (Wildman–Crippen MR) is 66.0 cm³/mol. The Labute approximate surface area is 111 Å². The van der Waals surface area contributed by atoms with Gasteiger partial charge < -0.3 is 19.5 Å². The second-order valence-corrected chi connectivity index (χ2v) is 5.60. The SMILES string of the molecule is C[N+](C)(C)CC(O)(CC(=O)[O-])C(=O)c1cccnc1. The van der Waals surface area contributed by atoms with E-state index in [9.17, 15) is 19.8 Å². The molecule has 6 heteroatoms. The van der Waals surface area contributed by atoms with Crippen LogP contribution in [0.4, 0.5) is 0 Å². The number of aliphatic hydroxyl groups is 1. The third-order valence-corrected chi connectivity index (χ3v) is 2.52. The lowest BCUT2D eigenvalue weighted by molar-refractivity contribution is -0.875. The normalized spacial score (nSPS) is 14.7.